The molecule has 0 aromatic heterocycles. The van der Waals surface area contributed by atoms with E-state index in [4.69, 9.17) is 14.2 Å². The summed E-state index contributed by atoms with van der Waals surface area (Å²) < 4.78 is 21.0. The van der Waals surface area contributed by atoms with Crippen LogP contribution in [0.4, 0.5) is 0 Å². The van der Waals surface area contributed by atoms with Crippen molar-refractivity contribution in [2.75, 3.05) is 6.54 Å². The Morgan fingerprint density at radius 2 is 1.86 bits per heavy atom. The number of fused-ring (bicyclic) bond motifs is 2. The number of hydrogen-bond acceptors (Lipinski definition) is 7. The van der Waals surface area contributed by atoms with Crippen molar-refractivity contribution >= 4 is 30.7 Å². The SMILES string of the molecule is C/C=C\C(C/C=C\OP(=O)(O)O)CCNC(=O)c1ccc(C(=O)O)c(-c2c3ccc(=O)cc-3oc3cc(O)ccc23)c1. The van der Waals surface area contributed by atoms with E-state index < -0.39 is 19.7 Å². The van der Waals surface area contributed by atoms with Crippen molar-refractivity contribution < 1.29 is 43.1 Å². The second-order valence-electron chi connectivity index (χ2n) is 9.41. The van der Waals surface area contributed by atoms with Gasteiger partial charge in [0.1, 0.15) is 17.1 Å². The molecule has 2 aromatic carbocycles. The molecule has 0 saturated heterocycles. The number of phenols is 1. The van der Waals surface area contributed by atoms with Gasteiger partial charge in [-0.1, -0.05) is 12.2 Å². The average molecular weight is 594 g/mol. The second-order valence-corrected chi connectivity index (χ2v) is 10.6. The molecule has 42 heavy (non-hydrogen) atoms. The van der Waals surface area contributed by atoms with E-state index in [0.29, 0.717) is 29.4 Å². The summed E-state index contributed by atoms with van der Waals surface area (Å²) in [7, 11) is -4.61. The van der Waals surface area contributed by atoms with E-state index in [1.165, 1.54) is 54.6 Å². The number of amides is 1. The first-order valence-corrected chi connectivity index (χ1v) is 14.4. The van der Waals surface area contributed by atoms with Crippen LogP contribution in [0.3, 0.4) is 0 Å². The maximum absolute atomic E-state index is 13.1. The van der Waals surface area contributed by atoms with Gasteiger partial charge in [-0.25, -0.2) is 9.36 Å². The number of carbonyl (C=O) groups excluding carboxylic acids is 1. The van der Waals surface area contributed by atoms with E-state index in [2.05, 4.69) is 9.84 Å². The zero-order valence-corrected chi connectivity index (χ0v) is 23.3. The van der Waals surface area contributed by atoms with E-state index in [9.17, 15) is 29.2 Å². The van der Waals surface area contributed by atoms with Crippen LogP contribution in [0.1, 0.15) is 40.5 Å². The Kier molecular flexibility index (Phi) is 9.27. The minimum absolute atomic E-state index is 0.0509. The summed E-state index contributed by atoms with van der Waals surface area (Å²) in [5.74, 6) is -1.60. The van der Waals surface area contributed by atoms with Gasteiger partial charge in [0.15, 0.2) is 5.43 Å². The van der Waals surface area contributed by atoms with Gasteiger partial charge in [-0.05, 0) is 79.8 Å². The van der Waals surface area contributed by atoms with E-state index in [-0.39, 0.29) is 51.7 Å². The van der Waals surface area contributed by atoms with Crippen molar-refractivity contribution in [3.05, 3.63) is 100 Å². The number of benzene rings is 3. The molecule has 1 unspecified atom stereocenters. The van der Waals surface area contributed by atoms with Gasteiger partial charge < -0.3 is 24.5 Å². The standard InChI is InChI=1S/C30H28NO10P/c1-2-4-18(5-3-14-40-42(37,38)39)12-13-31-29(34)19-6-9-22(30(35)36)25(15-19)28-23-10-7-20(32)16-26(23)41-27-17-21(33)8-11-24(27)28/h2-4,6-11,14-18,32H,5,12-13H2,1H3,(H,31,34)(H,35,36)(H2,37,38,39)/b4-2-,14-3-. The maximum atomic E-state index is 13.1. The molecule has 0 bridgehead atoms. The van der Waals surface area contributed by atoms with Crippen LogP contribution in [-0.2, 0) is 9.09 Å². The van der Waals surface area contributed by atoms with Gasteiger partial charge in [0.25, 0.3) is 5.91 Å². The fourth-order valence-electron chi connectivity index (χ4n) is 4.62. The van der Waals surface area contributed by atoms with Gasteiger partial charge in [0.2, 0.25) is 0 Å². The zero-order valence-electron chi connectivity index (χ0n) is 22.4. The Balaban J connectivity index is 1.65. The van der Waals surface area contributed by atoms with Crippen LogP contribution >= 0.6 is 7.82 Å². The van der Waals surface area contributed by atoms with Crippen LogP contribution in [0.15, 0.2) is 88.3 Å². The van der Waals surface area contributed by atoms with E-state index in [1.807, 2.05) is 19.1 Å². The first kappa shape index (κ1) is 30.3. The van der Waals surface area contributed by atoms with Crippen molar-refractivity contribution in [3.63, 3.8) is 0 Å². The van der Waals surface area contributed by atoms with Gasteiger partial charge in [0.05, 0.1) is 11.8 Å². The Morgan fingerprint density at radius 1 is 1.07 bits per heavy atom. The van der Waals surface area contributed by atoms with Crippen LogP contribution < -0.4 is 10.7 Å². The number of rotatable bonds is 11. The molecule has 11 nitrogen and oxygen atoms in total. The number of carboxylic acid groups (broad SMARTS) is 1. The minimum Gasteiger partial charge on any atom is -0.508 e. The summed E-state index contributed by atoms with van der Waals surface area (Å²) in [5, 5.41) is 23.3. The predicted molar refractivity (Wildman–Crippen MR) is 155 cm³/mol. The fourth-order valence-corrected chi connectivity index (χ4v) is 4.86. The number of phosphoric ester groups is 1. The van der Waals surface area contributed by atoms with Crippen LogP contribution in [0.25, 0.3) is 33.4 Å². The third kappa shape index (κ3) is 7.32. The minimum atomic E-state index is -4.61. The molecule has 2 aliphatic rings. The fraction of sp³-hybridized carbons (Fsp3) is 0.167. The lowest BCUT2D eigenvalue weighted by atomic mass is 9.89. The molecule has 4 rings (SSSR count). The van der Waals surface area contributed by atoms with Crippen LogP contribution in [-0.4, -0.2) is 38.4 Å². The molecule has 0 saturated carbocycles. The first-order valence-electron chi connectivity index (χ1n) is 12.8. The van der Waals surface area contributed by atoms with Crippen molar-refractivity contribution in [3.8, 4) is 28.2 Å². The molecule has 1 aliphatic heterocycles. The zero-order chi connectivity index (χ0) is 30.4. The largest absolute Gasteiger partial charge is 0.524 e. The summed E-state index contributed by atoms with van der Waals surface area (Å²) in [6, 6.07) is 12.7. The van der Waals surface area contributed by atoms with E-state index >= 15 is 0 Å². The van der Waals surface area contributed by atoms with Gasteiger partial charge >= 0.3 is 13.8 Å². The number of carboxylic acids is 1. The molecule has 218 valence electrons. The molecular weight excluding hydrogens is 565 g/mol. The third-order valence-electron chi connectivity index (χ3n) is 6.46. The summed E-state index contributed by atoms with van der Waals surface area (Å²) in [6.07, 6.45) is 7.08. The molecule has 0 spiro atoms. The van der Waals surface area contributed by atoms with E-state index in [0.717, 1.165) is 6.26 Å². The molecule has 5 N–H and O–H groups in total. The summed E-state index contributed by atoms with van der Waals surface area (Å²) in [4.78, 5) is 55.0. The third-order valence-corrected chi connectivity index (χ3v) is 6.85. The number of phosphoric acid groups is 1. The van der Waals surface area contributed by atoms with Crippen LogP contribution in [0, 0.1) is 5.92 Å². The summed E-state index contributed by atoms with van der Waals surface area (Å²) in [5.41, 5.74) is 1.15. The van der Waals surface area contributed by atoms with Crippen molar-refractivity contribution in [1.82, 2.24) is 5.32 Å². The number of carbonyl (C=O) groups is 2. The molecule has 0 radical (unpaired) electrons. The van der Waals surface area contributed by atoms with Gasteiger partial charge in [-0.3, -0.25) is 19.4 Å². The number of aromatic carboxylic acids is 1. The molecule has 12 heteroatoms. The van der Waals surface area contributed by atoms with Gasteiger partial charge in [-0.15, -0.1) is 0 Å². The first-order chi connectivity index (χ1) is 20.0. The average Bonchev–Trinajstić information content (AvgIpc) is 2.92. The van der Waals surface area contributed by atoms with Crippen LogP contribution in [0.5, 0.6) is 5.75 Å². The van der Waals surface area contributed by atoms with Gasteiger partial charge in [-0.2, -0.15) is 0 Å². The number of phenolic OH excluding ortho intramolecular Hbond substituents is 1. The number of allylic oxidation sites excluding steroid dienone is 3. The van der Waals surface area contributed by atoms with Crippen LogP contribution in [0.2, 0.25) is 0 Å². The van der Waals surface area contributed by atoms with Crippen molar-refractivity contribution in [1.29, 1.82) is 0 Å². The highest BCUT2D eigenvalue weighted by atomic mass is 31.2. The highest BCUT2D eigenvalue weighted by molar-refractivity contribution is 7.46. The summed E-state index contributed by atoms with van der Waals surface area (Å²) >= 11 is 0. The highest BCUT2D eigenvalue weighted by Gasteiger charge is 2.23. The second kappa shape index (κ2) is 12.9. The topological polar surface area (TPSA) is 184 Å². The lowest BCUT2D eigenvalue weighted by Crippen LogP contribution is -2.26. The number of nitrogens with one attached hydrogen (secondary N) is 1. The Bertz CT molecular complexity index is 1770. The molecule has 1 atom stereocenters. The summed E-state index contributed by atoms with van der Waals surface area (Å²) in [6.45, 7) is 2.09. The molecule has 2 aromatic rings. The predicted octanol–water partition coefficient (Wildman–Crippen LogP) is 5.29. The van der Waals surface area contributed by atoms with E-state index in [1.54, 1.807) is 6.07 Å². The molecular formula is C30H28NO10P. The number of hydrogen-bond donors (Lipinski definition) is 5. The lowest BCUT2D eigenvalue weighted by Gasteiger charge is -2.17. The molecule has 1 aliphatic carbocycles. The smallest absolute Gasteiger partial charge is 0.508 e. The quantitative estimate of drug-likeness (QED) is 0.0662. The van der Waals surface area contributed by atoms with Crippen molar-refractivity contribution in [2.45, 2.75) is 19.8 Å². The number of aromatic hydroxyl groups is 1. The maximum Gasteiger partial charge on any atom is 0.524 e. The molecule has 1 heterocycles. The lowest BCUT2D eigenvalue weighted by molar-refractivity contribution is 0.0697. The highest BCUT2D eigenvalue weighted by Crippen LogP contribution is 2.42. The Hall–Kier alpha value is -4.70. The van der Waals surface area contributed by atoms with Gasteiger partial charge in [0, 0.05) is 40.8 Å². The normalized spacial score (nSPS) is 12.7. The Labute approximate surface area is 240 Å². The Morgan fingerprint density at radius 3 is 2.57 bits per heavy atom. The van der Waals surface area contributed by atoms with Crippen molar-refractivity contribution in [2.24, 2.45) is 5.92 Å². The molecule has 1 amide bonds. The molecule has 0 fully saturated rings. The monoisotopic (exact) mass is 593 g/mol.